The van der Waals surface area contributed by atoms with E-state index in [0.29, 0.717) is 5.04 Å². The molecule has 1 N–H and O–H groups in total. The van der Waals surface area contributed by atoms with Crippen LogP contribution in [-0.4, -0.2) is 25.5 Å². The number of hydrogen-bond acceptors (Lipinski definition) is 2. The lowest BCUT2D eigenvalue weighted by Crippen LogP contribution is -2.48. The summed E-state index contributed by atoms with van der Waals surface area (Å²) in [5.41, 5.74) is 0. The van der Waals surface area contributed by atoms with Gasteiger partial charge < -0.3 is 0 Å². The standard InChI is InChI=1S/C16H20Si.C2H7NOS/c1-16(2,3)17(14-10-6-4-7-11-14)15-12-8-5-9-13-15;1-5(2,3)4/h4-13,17H,1-3H3;3H,1-2H3. The maximum atomic E-state index is 9.85. The van der Waals surface area contributed by atoms with Gasteiger partial charge in [-0.15, -0.1) is 0 Å². The highest BCUT2D eigenvalue weighted by Gasteiger charge is 2.29. The molecule has 0 atom stereocenters. The predicted molar refractivity (Wildman–Crippen MR) is 102 cm³/mol. The van der Waals surface area contributed by atoms with Crippen LogP contribution in [0.1, 0.15) is 20.8 Å². The van der Waals surface area contributed by atoms with Gasteiger partial charge in [0.15, 0.2) is 0 Å². The molecule has 0 radical (unpaired) electrons. The molecule has 0 aliphatic carbocycles. The minimum Gasteiger partial charge on any atom is -0.253 e. The maximum absolute atomic E-state index is 9.85. The Morgan fingerprint density at radius 2 is 1.09 bits per heavy atom. The van der Waals surface area contributed by atoms with Gasteiger partial charge in [0.1, 0.15) is 8.80 Å². The fraction of sp³-hybridized carbons (Fsp3) is 0.333. The molecule has 0 fully saturated rings. The van der Waals surface area contributed by atoms with E-state index in [0.717, 1.165) is 0 Å². The van der Waals surface area contributed by atoms with E-state index in [4.69, 9.17) is 4.78 Å². The Hall–Kier alpha value is -1.39. The minimum absolute atomic E-state index is 0.364. The molecule has 0 amide bonds. The van der Waals surface area contributed by atoms with Crippen LogP contribution in [0.4, 0.5) is 0 Å². The number of hydrogen-bond donors (Lipinski definition) is 1. The van der Waals surface area contributed by atoms with Gasteiger partial charge in [-0.2, -0.15) is 0 Å². The molecule has 22 heavy (non-hydrogen) atoms. The van der Waals surface area contributed by atoms with Gasteiger partial charge in [-0.3, -0.25) is 8.99 Å². The molecule has 120 valence electrons. The van der Waals surface area contributed by atoms with Crippen LogP contribution in [-0.2, 0) is 9.73 Å². The molecule has 0 bridgehead atoms. The lowest BCUT2D eigenvalue weighted by atomic mass is 10.2. The smallest absolute Gasteiger partial charge is 0.108 e. The lowest BCUT2D eigenvalue weighted by Gasteiger charge is -2.30. The van der Waals surface area contributed by atoms with Crippen molar-refractivity contribution in [1.82, 2.24) is 0 Å². The Balaban J connectivity index is 0.000000422. The monoisotopic (exact) mass is 333 g/mol. The molecule has 0 spiro atoms. The van der Waals surface area contributed by atoms with Gasteiger partial charge >= 0.3 is 0 Å². The van der Waals surface area contributed by atoms with Crippen molar-refractivity contribution in [1.29, 1.82) is 4.78 Å². The lowest BCUT2D eigenvalue weighted by molar-refractivity contribution is 0.683. The van der Waals surface area contributed by atoms with E-state index < -0.39 is 18.5 Å². The predicted octanol–water partition coefficient (Wildman–Crippen LogP) is 3.12. The van der Waals surface area contributed by atoms with Gasteiger partial charge in [-0.1, -0.05) is 91.8 Å². The highest BCUT2D eigenvalue weighted by Crippen LogP contribution is 2.26. The van der Waals surface area contributed by atoms with E-state index in [1.54, 1.807) is 0 Å². The first-order valence-electron chi connectivity index (χ1n) is 7.37. The summed E-state index contributed by atoms with van der Waals surface area (Å²) in [6.45, 7) is 7.09. The van der Waals surface area contributed by atoms with E-state index in [-0.39, 0.29) is 0 Å². The first kappa shape index (κ1) is 18.7. The average Bonchev–Trinajstić information content (AvgIpc) is 2.38. The number of benzene rings is 2. The summed E-state index contributed by atoms with van der Waals surface area (Å²) in [5, 5.41) is 3.43. The van der Waals surface area contributed by atoms with Crippen molar-refractivity contribution in [2.24, 2.45) is 0 Å². The fourth-order valence-electron chi connectivity index (χ4n) is 2.48. The van der Waals surface area contributed by atoms with Crippen LogP contribution in [0, 0.1) is 4.78 Å². The summed E-state index contributed by atoms with van der Waals surface area (Å²) in [4.78, 5) is 0. The summed E-state index contributed by atoms with van der Waals surface area (Å²) < 4.78 is 16.3. The summed E-state index contributed by atoms with van der Waals surface area (Å²) in [6, 6.07) is 22.0. The van der Waals surface area contributed by atoms with Crippen LogP contribution < -0.4 is 10.4 Å². The topological polar surface area (TPSA) is 40.9 Å². The van der Waals surface area contributed by atoms with Crippen LogP contribution in [0.25, 0.3) is 0 Å². The van der Waals surface area contributed by atoms with E-state index in [9.17, 15) is 4.21 Å². The van der Waals surface area contributed by atoms with Crippen LogP contribution >= 0.6 is 0 Å². The normalized spacial score (nSPS) is 11.7. The van der Waals surface area contributed by atoms with Gasteiger partial charge in [0, 0.05) is 22.2 Å². The molecule has 0 unspecified atom stereocenters. The van der Waals surface area contributed by atoms with E-state index in [1.807, 2.05) is 0 Å². The highest BCUT2D eigenvalue weighted by molar-refractivity contribution is 7.90. The SMILES string of the molecule is CC(C)(C)[SiH](c1ccccc1)c1ccccc1.CS(C)(=N)=O. The molecule has 0 saturated heterocycles. The molecule has 0 saturated carbocycles. The second kappa shape index (κ2) is 7.74. The molecular formula is C18H27NOSSi. The van der Waals surface area contributed by atoms with Crippen LogP contribution in [0.5, 0.6) is 0 Å². The first-order chi connectivity index (χ1) is 10.1. The summed E-state index contributed by atoms with van der Waals surface area (Å²) in [7, 11) is -3.31. The fourth-order valence-corrected chi connectivity index (χ4v) is 6.08. The van der Waals surface area contributed by atoms with Crippen LogP contribution in [0.3, 0.4) is 0 Å². The van der Waals surface area contributed by atoms with Gasteiger partial charge in [-0.05, 0) is 5.04 Å². The molecule has 0 aliphatic heterocycles. The zero-order valence-electron chi connectivity index (χ0n) is 14.2. The molecule has 0 heterocycles. The van der Waals surface area contributed by atoms with Crippen LogP contribution in [0.15, 0.2) is 60.7 Å². The van der Waals surface area contributed by atoms with Crippen molar-refractivity contribution in [2.45, 2.75) is 25.8 Å². The highest BCUT2D eigenvalue weighted by atomic mass is 32.2. The molecule has 2 aromatic rings. The maximum Gasteiger partial charge on any atom is 0.108 e. The molecule has 0 aromatic heterocycles. The Kier molecular flexibility index (Phi) is 6.57. The summed E-state index contributed by atoms with van der Waals surface area (Å²) >= 11 is 0. The van der Waals surface area contributed by atoms with Crippen molar-refractivity contribution in [3.63, 3.8) is 0 Å². The first-order valence-corrected chi connectivity index (χ1v) is 11.5. The third-order valence-corrected chi connectivity index (χ3v) is 6.97. The average molecular weight is 334 g/mol. The van der Waals surface area contributed by atoms with Crippen molar-refractivity contribution < 1.29 is 4.21 Å². The summed E-state index contributed by atoms with van der Waals surface area (Å²) in [5.74, 6) is 0. The van der Waals surface area contributed by atoms with Crippen molar-refractivity contribution in [2.75, 3.05) is 12.5 Å². The quantitative estimate of drug-likeness (QED) is 0.843. The molecule has 2 rings (SSSR count). The molecule has 4 heteroatoms. The minimum atomic E-state index is -2.17. The second-order valence-electron chi connectivity index (χ2n) is 6.85. The zero-order chi connectivity index (χ0) is 16.8. The Bertz CT molecular complexity index is 614. The molecule has 2 nitrogen and oxygen atoms in total. The number of rotatable bonds is 2. The summed E-state index contributed by atoms with van der Waals surface area (Å²) in [6.07, 6.45) is 2.76. The van der Waals surface area contributed by atoms with Crippen molar-refractivity contribution in [3.05, 3.63) is 60.7 Å². The Morgan fingerprint density at radius 1 is 0.818 bits per heavy atom. The molecule has 0 aliphatic rings. The van der Waals surface area contributed by atoms with Gasteiger partial charge in [0.25, 0.3) is 0 Å². The largest absolute Gasteiger partial charge is 0.253 e. The van der Waals surface area contributed by atoms with Crippen molar-refractivity contribution in [3.8, 4) is 0 Å². The van der Waals surface area contributed by atoms with Crippen molar-refractivity contribution >= 4 is 28.9 Å². The molecular weight excluding hydrogens is 306 g/mol. The van der Waals surface area contributed by atoms with E-state index in [2.05, 4.69) is 81.4 Å². The van der Waals surface area contributed by atoms with Gasteiger partial charge in [0.05, 0.1) is 0 Å². The van der Waals surface area contributed by atoms with Gasteiger partial charge in [0.2, 0.25) is 0 Å². The number of nitrogens with one attached hydrogen (secondary N) is 1. The Morgan fingerprint density at radius 3 is 1.32 bits per heavy atom. The van der Waals surface area contributed by atoms with Crippen LogP contribution in [0.2, 0.25) is 5.04 Å². The second-order valence-corrected chi connectivity index (χ2v) is 13.3. The third kappa shape index (κ3) is 7.05. The zero-order valence-corrected chi connectivity index (χ0v) is 16.1. The van der Waals surface area contributed by atoms with Gasteiger partial charge in [-0.25, -0.2) is 0 Å². The Labute approximate surface area is 137 Å². The van der Waals surface area contributed by atoms with E-state index >= 15 is 0 Å². The third-order valence-electron chi connectivity index (χ3n) is 3.13. The molecule has 2 aromatic carbocycles. The van der Waals surface area contributed by atoms with E-state index in [1.165, 1.54) is 22.9 Å².